The van der Waals surface area contributed by atoms with Crippen LogP contribution in [0.15, 0.2) is 57.8 Å². The molecule has 0 saturated carbocycles. The first-order valence-electron chi connectivity index (χ1n) is 8.89. The standard InChI is InChI=1S/C21H20BrN5O/c1-13-5-6-16(21-14(2)24-28-15(21)3)11-20(13)26(4)17-7-8-19(18(22)12-17)27-10-9-23-25-27/h5-12H,1-4H3. The normalized spacial score (nSPS) is 11.0. The molecule has 0 amide bonds. The van der Waals surface area contributed by atoms with E-state index >= 15 is 0 Å². The van der Waals surface area contributed by atoms with E-state index in [4.69, 9.17) is 4.52 Å². The molecule has 0 fully saturated rings. The van der Waals surface area contributed by atoms with Crippen LogP contribution in [0.1, 0.15) is 17.0 Å². The van der Waals surface area contributed by atoms with Crippen molar-refractivity contribution in [1.82, 2.24) is 20.2 Å². The van der Waals surface area contributed by atoms with Crippen LogP contribution in [-0.2, 0) is 0 Å². The molecule has 2 aromatic heterocycles. The molecule has 0 N–H and O–H groups in total. The third-order valence-electron chi connectivity index (χ3n) is 4.88. The van der Waals surface area contributed by atoms with Gasteiger partial charge in [0.2, 0.25) is 0 Å². The first kappa shape index (κ1) is 18.4. The Hall–Kier alpha value is -2.93. The number of aryl methyl sites for hydroxylation is 3. The Morgan fingerprint density at radius 2 is 1.89 bits per heavy atom. The summed E-state index contributed by atoms with van der Waals surface area (Å²) in [6.07, 6.45) is 3.48. The molecule has 2 heterocycles. The van der Waals surface area contributed by atoms with Crippen LogP contribution in [0.4, 0.5) is 11.4 Å². The van der Waals surface area contributed by atoms with Crippen LogP contribution in [0, 0.1) is 20.8 Å². The number of nitrogens with zero attached hydrogens (tertiary/aromatic N) is 5. The highest BCUT2D eigenvalue weighted by atomic mass is 79.9. The summed E-state index contributed by atoms with van der Waals surface area (Å²) in [5, 5.41) is 12.0. The van der Waals surface area contributed by atoms with Gasteiger partial charge in [0.05, 0.1) is 23.8 Å². The van der Waals surface area contributed by atoms with E-state index in [9.17, 15) is 0 Å². The summed E-state index contributed by atoms with van der Waals surface area (Å²) in [6.45, 7) is 6.02. The summed E-state index contributed by atoms with van der Waals surface area (Å²) < 4.78 is 8.03. The van der Waals surface area contributed by atoms with Crippen molar-refractivity contribution in [3.8, 4) is 16.8 Å². The molecule has 142 valence electrons. The van der Waals surface area contributed by atoms with Crippen LogP contribution in [0.5, 0.6) is 0 Å². The SMILES string of the molecule is Cc1ccc(-c2c(C)noc2C)cc1N(C)c1ccc(-n2ccnn2)c(Br)c1. The lowest BCUT2D eigenvalue weighted by atomic mass is 10.0. The molecule has 0 bridgehead atoms. The first-order chi connectivity index (χ1) is 13.5. The second kappa shape index (κ2) is 7.24. The van der Waals surface area contributed by atoms with Crippen LogP contribution in [0.3, 0.4) is 0 Å². The van der Waals surface area contributed by atoms with Gasteiger partial charge in [-0.1, -0.05) is 22.5 Å². The maximum atomic E-state index is 5.35. The van der Waals surface area contributed by atoms with E-state index < -0.39 is 0 Å². The van der Waals surface area contributed by atoms with Crippen molar-refractivity contribution in [2.75, 3.05) is 11.9 Å². The summed E-state index contributed by atoms with van der Waals surface area (Å²) in [6, 6.07) is 12.6. The van der Waals surface area contributed by atoms with E-state index in [2.05, 4.69) is 80.6 Å². The van der Waals surface area contributed by atoms with Crippen molar-refractivity contribution in [2.45, 2.75) is 20.8 Å². The number of anilines is 2. The molecule has 28 heavy (non-hydrogen) atoms. The van der Waals surface area contributed by atoms with Gasteiger partial charge in [0.15, 0.2) is 0 Å². The van der Waals surface area contributed by atoms with Gasteiger partial charge < -0.3 is 9.42 Å². The van der Waals surface area contributed by atoms with Crippen molar-refractivity contribution in [1.29, 1.82) is 0 Å². The van der Waals surface area contributed by atoms with Gasteiger partial charge in [-0.25, -0.2) is 4.68 Å². The highest BCUT2D eigenvalue weighted by molar-refractivity contribution is 9.10. The van der Waals surface area contributed by atoms with Gasteiger partial charge in [-0.15, -0.1) is 5.10 Å². The fourth-order valence-electron chi connectivity index (χ4n) is 3.39. The smallest absolute Gasteiger partial charge is 0.141 e. The van der Waals surface area contributed by atoms with Gasteiger partial charge in [0, 0.05) is 28.5 Å². The third kappa shape index (κ3) is 3.22. The fourth-order valence-corrected chi connectivity index (χ4v) is 3.94. The average Bonchev–Trinajstić information content (AvgIpc) is 3.32. The molecule has 2 aromatic carbocycles. The lowest BCUT2D eigenvalue weighted by Crippen LogP contribution is -2.11. The number of hydrogen-bond donors (Lipinski definition) is 0. The Balaban J connectivity index is 1.73. The van der Waals surface area contributed by atoms with Crippen LogP contribution < -0.4 is 4.90 Å². The highest BCUT2D eigenvalue weighted by Crippen LogP contribution is 2.35. The first-order valence-corrected chi connectivity index (χ1v) is 9.69. The molecule has 0 saturated heterocycles. The van der Waals surface area contributed by atoms with Crippen LogP contribution in [-0.4, -0.2) is 27.2 Å². The average molecular weight is 438 g/mol. The van der Waals surface area contributed by atoms with E-state index in [0.717, 1.165) is 44.1 Å². The molecule has 0 atom stereocenters. The number of aromatic nitrogens is 4. The minimum Gasteiger partial charge on any atom is -0.361 e. The largest absolute Gasteiger partial charge is 0.361 e. The van der Waals surface area contributed by atoms with Crippen LogP contribution in [0.25, 0.3) is 16.8 Å². The van der Waals surface area contributed by atoms with E-state index in [1.807, 2.05) is 26.1 Å². The zero-order valence-electron chi connectivity index (χ0n) is 16.1. The predicted octanol–water partition coefficient (Wildman–Crippen LogP) is 5.38. The van der Waals surface area contributed by atoms with E-state index in [1.54, 1.807) is 10.9 Å². The minimum atomic E-state index is 0.829. The Bertz CT molecular complexity index is 1110. The number of rotatable bonds is 4. The Kier molecular flexibility index (Phi) is 4.77. The molecular formula is C21H20BrN5O. The van der Waals surface area contributed by atoms with Crippen molar-refractivity contribution in [3.05, 3.63) is 70.3 Å². The van der Waals surface area contributed by atoms with E-state index in [1.165, 1.54) is 5.56 Å². The molecule has 4 rings (SSSR count). The third-order valence-corrected chi connectivity index (χ3v) is 5.52. The van der Waals surface area contributed by atoms with Crippen LogP contribution in [0.2, 0.25) is 0 Å². The summed E-state index contributed by atoms with van der Waals surface area (Å²) in [5.41, 5.74) is 7.37. The molecule has 7 heteroatoms. The monoisotopic (exact) mass is 437 g/mol. The Morgan fingerprint density at radius 1 is 1.07 bits per heavy atom. The fraction of sp³-hybridized carbons (Fsp3) is 0.190. The van der Waals surface area contributed by atoms with Gasteiger partial charge in [0.25, 0.3) is 0 Å². The summed E-state index contributed by atoms with van der Waals surface area (Å²) in [5.74, 6) is 0.829. The van der Waals surface area contributed by atoms with Gasteiger partial charge >= 0.3 is 0 Å². The molecule has 0 aliphatic heterocycles. The molecule has 0 aliphatic carbocycles. The maximum absolute atomic E-state index is 5.35. The van der Waals surface area contributed by atoms with Crippen molar-refractivity contribution < 1.29 is 4.52 Å². The van der Waals surface area contributed by atoms with Gasteiger partial charge in [-0.2, -0.15) is 0 Å². The van der Waals surface area contributed by atoms with Gasteiger partial charge in [-0.3, -0.25) is 0 Å². The Morgan fingerprint density at radius 3 is 2.54 bits per heavy atom. The molecular weight excluding hydrogens is 418 g/mol. The van der Waals surface area contributed by atoms with Gasteiger partial charge in [0.1, 0.15) is 5.76 Å². The second-order valence-corrected chi connectivity index (χ2v) is 7.60. The molecule has 0 aliphatic rings. The zero-order valence-corrected chi connectivity index (χ0v) is 17.7. The van der Waals surface area contributed by atoms with Crippen molar-refractivity contribution in [2.24, 2.45) is 0 Å². The molecule has 0 spiro atoms. The second-order valence-electron chi connectivity index (χ2n) is 6.74. The molecule has 4 aromatic rings. The van der Waals surface area contributed by atoms with Crippen molar-refractivity contribution >= 4 is 27.3 Å². The predicted molar refractivity (Wildman–Crippen MR) is 113 cm³/mol. The lowest BCUT2D eigenvalue weighted by Gasteiger charge is -2.23. The number of hydrogen-bond acceptors (Lipinski definition) is 5. The quantitative estimate of drug-likeness (QED) is 0.428. The zero-order chi connectivity index (χ0) is 19.8. The topological polar surface area (TPSA) is 60.0 Å². The van der Waals surface area contributed by atoms with E-state index in [-0.39, 0.29) is 0 Å². The summed E-state index contributed by atoms with van der Waals surface area (Å²) in [4.78, 5) is 2.17. The van der Waals surface area contributed by atoms with Crippen LogP contribution >= 0.6 is 15.9 Å². The summed E-state index contributed by atoms with van der Waals surface area (Å²) >= 11 is 3.66. The maximum Gasteiger partial charge on any atom is 0.141 e. The lowest BCUT2D eigenvalue weighted by molar-refractivity contribution is 0.393. The van der Waals surface area contributed by atoms with Gasteiger partial charge in [-0.05, 0) is 72.1 Å². The molecule has 0 unspecified atom stereocenters. The van der Waals surface area contributed by atoms with E-state index in [0.29, 0.717) is 0 Å². The highest BCUT2D eigenvalue weighted by Gasteiger charge is 2.15. The number of benzene rings is 2. The Labute approximate surface area is 171 Å². The molecule has 0 radical (unpaired) electrons. The van der Waals surface area contributed by atoms with Crippen molar-refractivity contribution in [3.63, 3.8) is 0 Å². The number of halogens is 1. The summed E-state index contributed by atoms with van der Waals surface area (Å²) in [7, 11) is 2.07. The minimum absolute atomic E-state index is 0.829. The molecule has 6 nitrogen and oxygen atoms in total.